The molecule has 1 N–H and O–H groups in total. The second kappa shape index (κ2) is 33.1. The van der Waals surface area contributed by atoms with E-state index in [1.807, 2.05) is 0 Å². The molecule has 0 aliphatic carbocycles. The SMILES string of the molecule is CCCCCCCC/C=C/CCCCCCCCCCCC(=O)OC[C@H](CO)OC(=O)CCCCCCCCCC. The second-order valence-electron chi connectivity index (χ2n) is 12.0. The smallest absolute Gasteiger partial charge is 0.306 e. The first-order valence-corrected chi connectivity index (χ1v) is 17.7. The minimum atomic E-state index is -0.762. The highest BCUT2D eigenvalue weighted by Crippen LogP contribution is 2.13. The molecule has 0 radical (unpaired) electrons. The highest BCUT2D eigenvalue weighted by atomic mass is 16.6. The molecule has 0 aliphatic rings. The number of carbonyl (C=O) groups excluding carboxylic acids is 2. The quantitative estimate of drug-likeness (QED) is 0.0487. The van der Waals surface area contributed by atoms with Crippen LogP contribution < -0.4 is 0 Å². The molecule has 0 heterocycles. The molecule has 0 aromatic heterocycles. The van der Waals surface area contributed by atoms with Crippen molar-refractivity contribution in [2.75, 3.05) is 13.2 Å². The van der Waals surface area contributed by atoms with Crippen LogP contribution in [0, 0.1) is 0 Å². The molecule has 5 heteroatoms. The average Bonchev–Trinajstić information content (AvgIpc) is 2.97. The van der Waals surface area contributed by atoms with E-state index < -0.39 is 6.10 Å². The van der Waals surface area contributed by atoms with Crippen molar-refractivity contribution >= 4 is 11.9 Å². The summed E-state index contributed by atoms with van der Waals surface area (Å²) in [5.74, 6) is -0.592. The normalized spacial score (nSPS) is 12.2. The van der Waals surface area contributed by atoms with E-state index in [-0.39, 0.29) is 25.2 Å². The van der Waals surface area contributed by atoms with Gasteiger partial charge in [-0.3, -0.25) is 9.59 Å². The highest BCUT2D eigenvalue weighted by Gasteiger charge is 2.16. The monoisotopic (exact) mass is 581 g/mol. The lowest BCUT2D eigenvalue weighted by atomic mass is 10.1. The summed E-state index contributed by atoms with van der Waals surface area (Å²) in [7, 11) is 0. The Labute approximate surface area is 254 Å². The molecule has 242 valence electrons. The lowest BCUT2D eigenvalue weighted by Gasteiger charge is -2.15. The van der Waals surface area contributed by atoms with Gasteiger partial charge in [-0.05, 0) is 38.5 Å². The minimum Gasteiger partial charge on any atom is -0.462 e. The van der Waals surface area contributed by atoms with E-state index in [9.17, 15) is 14.7 Å². The van der Waals surface area contributed by atoms with Gasteiger partial charge in [-0.25, -0.2) is 0 Å². The number of aliphatic hydroxyl groups is 1. The van der Waals surface area contributed by atoms with Gasteiger partial charge in [0, 0.05) is 12.8 Å². The second-order valence-corrected chi connectivity index (χ2v) is 12.0. The van der Waals surface area contributed by atoms with Crippen LogP contribution in [-0.2, 0) is 19.1 Å². The molecule has 0 amide bonds. The van der Waals surface area contributed by atoms with Crippen LogP contribution in [0.3, 0.4) is 0 Å². The van der Waals surface area contributed by atoms with Crippen molar-refractivity contribution in [3.05, 3.63) is 12.2 Å². The van der Waals surface area contributed by atoms with E-state index >= 15 is 0 Å². The molecule has 0 rings (SSSR count). The molecule has 0 aromatic carbocycles. The van der Waals surface area contributed by atoms with Crippen molar-refractivity contribution in [1.29, 1.82) is 0 Å². The van der Waals surface area contributed by atoms with Gasteiger partial charge in [-0.2, -0.15) is 0 Å². The topological polar surface area (TPSA) is 72.8 Å². The van der Waals surface area contributed by atoms with Gasteiger partial charge in [0.2, 0.25) is 0 Å². The van der Waals surface area contributed by atoms with E-state index in [1.165, 1.54) is 122 Å². The van der Waals surface area contributed by atoms with Crippen LogP contribution in [-0.4, -0.2) is 36.4 Å². The zero-order valence-corrected chi connectivity index (χ0v) is 27.3. The third-order valence-electron chi connectivity index (χ3n) is 7.81. The van der Waals surface area contributed by atoms with Crippen LogP contribution in [0.2, 0.25) is 0 Å². The van der Waals surface area contributed by atoms with Crippen LogP contribution in [0.5, 0.6) is 0 Å². The molecule has 0 saturated carbocycles. The molecule has 1 atom stereocenters. The number of aliphatic hydroxyl groups excluding tert-OH is 1. The Kier molecular flexibility index (Phi) is 32.0. The van der Waals surface area contributed by atoms with Crippen LogP contribution in [0.15, 0.2) is 12.2 Å². The Hall–Kier alpha value is -1.36. The summed E-state index contributed by atoms with van der Waals surface area (Å²) >= 11 is 0. The van der Waals surface area contributed by atoms with Gasteiger partial charge in [0.15, 0.2) is 6.10 Å². The number of rotatable bonds is 32. The average molecular weight is 581 g/mol. The van der Waals surface area contributed by atoms with Crippen LogP contribution in [0.25, 0.3) is 0 Å². The zero-order valence-electron chi connectivity index (χ0n) is 27.3. The number of ether oxygens (including phenoxy) is 2. The van der Waals surface area contributed by atoms with Gasteiger partial charge >= 0.3 is 11.9 Å². The Balaban J connectivity index is 3.50. The van der Waals surface area contributed by atoms with Crippen molar-refractivity contribution in [2.45, 2.75) is 193 Å². The van der Waals surface area contributed by atoms with Gasteiger partial charge in [-0.15, -0.1) is 0 Å². The first-order chi connectivity index (χ1) is 20.1. The first-order valence-electron chi connectivity index (χ1n) is 17.7. The number of unbranched alkanes of at least 4 members (excludes halogenated alkanes) is 22. The van der Waals surface area contributed by atoms with Crippen molar-refractivity contribution in [1.82, 2.24) is 0 Å². The standard InChI is InChI=1S/C36H68O5/c1-3-5-7-9-11-13-14-15-16-17-18-19-20-21-22-23-25-26-28-30-35(38)40-33-34(32-37)41-36(39)31-29-27-24-12-10-8-6-4-2/h15-16,34,37H,3-14,17-33H2,1-2H3/b16-15+/t34-/m0/s1. The maximum atomic E-state index is 12.0. The molecule has 5 nitrogen and oxygen atoms in total. The molecule has 0 bridgehead atoms. The third kappa shape index (κ3) is 31.4. The number of allylic oxidation sites excluding steroid dienone is 2. The summed E-state index contributed by atoms with van der Waals surface area (Å²) in [4.78, 5) is 24.0. The van der Waals surface area contributed by atoms with Crippen LogP contribution in [0.1, 0.15) is 187 Å². The maximum absolute atomic E-state index is 12.0. The predicted octanol–water partition coefficient (Wildman–Crippen LogP) is 10.6. The van der Waals surface area contributed by atoms with Crippen LogP contribution in [0.4, 0.5) is 0 Å². The molecule has 0 spiro atoms. The summed E-state index contributed by atoms with van der Waals surface area (Å²) in [6.45, 7) is 4.10. The summed E-state index contributed by atoms with van der Waals surface area (Å²) in [6.07, 6.45) is 35.6. The molecule has 0 aromatic rings. The zero-order chi connectivity index (χ0) is 30.1. The third-order valence-corrected chi connectivity index (χ3v) is 7.81. The largest absolute Gasteiger partial charge is 0.462 e. The predicted molar refractivity (Wildman–Crippen MR) is 173 cm³/mol. The lowest BCUT2D eigenvalue weighted by molar-refractivity contribution is -0.161. The lowest BCUT2D eigenvalue weighted by Crippen LogP contribution is -2.28. The maximum Gasteiger partial charge on any atom is 0.306 e. The van der Waals surface area contributed by atoms with E-state index in [1.54, 1.807) is 0 Å². The van der Waals surface area contributed by atoms with Crippen molar-refractivity contribution in [2.24, 2.45) is 0 Å². The fourth-order valence-corrected chi connectivity index (χ4v) is 5.08. The van der Waals surface area contributed by atoms with Gasteiger partial charge in [-0.1, -0.05) is 148 Å². The molecule has 0 fully saturated rings. The molecular formula is C36H68O5. The fraction of sp³-hybridized carbons (Fsp3) is 0.889. The van der Waals surface area contributed by atoms with Crippen molar-refractivity contribution < 1.29 is 24.2 Å². The minimum absolute atomic E-state index is 0.0621. The fourth-order valence-electron chi connectivity index (χ4n) is 5.08. The Bertz CT molecular complexity index is 589. The Morgan fingerprint density at radius 1 is 0.537 bits per heavy atom. The molecule has 41 heavy (non-hydrogen) atoms. The molecule has 0 unspecified atom stereocenters. The molecule has 0 aliphatic heterocycles. The highest BCUT2D eigenvalue weighted by molar-refractivity contribution is 5.70. The number of hydrogen-bond acceptors (Lipinski definition) is 5. The number of esters is 2. The number of carbonyl (C=O) groups is 2. The van der Waals surface area contributed by atoms with E-state index in [2.05, 4.69) is 26.0 Å². The van der Waals surface area contributed by atoms with E-state index in [0.717, 1.165) is 38.5 Å². The Morgan fingerprint density at radius 3 is 1.32 bits per heavy atom. The van der Waals surface area contributed by atoms with Crippen LogP contribution >= 0.6 is 0 Å². The Morgan fingerprint density at radius 2 is 0.902 bits per heavy atom. The summed E-state index contributed by atoms with van der Waals surface area (Å²) < 4.78 is 10.5. The summed E-state index contributed by atoms with van der Waals surface area (Å²) in [5.41, 5.74) is 0. The molecular weight excluding hydrogens is 512 g/mol. The van der Waals surface area contributed by atoms with Crippen molar-refractivity contribution in [3.63, 3.8) is 0 Å². The van der Waals surface area contributed by atoms with Gasteiger partial charge in [0.1, 0.15) is 6.61 Å². The van der Waals surface area contributed by atoms with Gasteiger partial charge < -0.3 is 14.6 Å². The first kappa shape index (κ1) is 39.6. The van der Waals surface area contributed by atoms with Gasteiger partial charge in [0.25, 0.3) is 0 Å². The van der Waals surface area contributed by atoms with E-state index in [0.29, 0.717) is 12.8 Å². The number of hydrogen-bond donors (Lipinski definition) is 1. The van der Waals surface area contributed by atoms with Crippen molar-refractivity contribution in [3.8, 4) is 0 Å². The van der Waals surface area contributed by atoms with E-state index in [4.69, 9.17) is 9.47 Å². The summed E-state index contributed by atoms with van der Waals surface area (Å²) in [6, 6.07) is 0. The van der Waals surface area contributed by atoms with Gasteiger partial charge in [0.05, 0.1) is 6.61 Å². The molecule has 0 saturated heterocycles. The summed E-state index contributed by atoms with van der Waals surface area (Å²) in [5, 5.41) is 9.47.